The molecule has 2 aromatic heterocycles. The molecule has 1 aliphatic heterocycles. The largest absolute Gasteiger partial charge is 0.496 e. The van der Waals surface area contributed by atoms with Crippen LogP contribution in [0.1, 0.15) is 39.6 Å². The summed E-state index contributed by atoms with van der Waals surface area (Å²) in [6.45, 7) is 2.18. The van der Waals surface area contributed by atoms with Gasteiger partial charge in [-0.3, -0.25) is 14.4 Å². The highest BCUT2D eigenvalue weighted by Gasteiger charge is 2.25. The van der Waals surface area contributed by atoms with Crippen LogP contribution >= 0.6 is 0 Å². The van der Waals surface area contributed by atoms with Gasteiger partial charge in [-0.15, -0.1) is 0 Å². The third-order valence-corrected chi connectivity index (χ3v) is 7.85. The van der Waals surface area contributed by atoms with Crippen LogP contribution in [0.15, 0.2) is 72.8 Å². The maximum Gasteiger partial charge on any atom is 0.270 e. The Morgan fingerprint density at radius 1 is 0.936 bits per heavy atom. The average Bonchev–Trinajstić information content (AvgIpc) is 3.72. The van der Waals surface area contributed by atoms with Crippen molar-refractivity contribution in [3.8, 4) is 28.6 Å². The van der Waals surface area contributed by atoms with E-state index < -0.39 is 17.9 Å². The average molecular weight is 638 g/mol. The molecule has 2 bridgehead atoms. The van der Waals surface area contributed by atoms with Crippen molar-refractivity contribution in [1.82, 2.24) is 35.3 Å². The van der Waals surface area contributed by atoms with Crippen molar-refractivity contribution in [3.05, 3.63) is 89.9 Å². The zero-order valence-corrected chi connectivity index (χ0v) is 26.3. The fourth-order valence-corrected chi connectivity index (χ4v) is 5.50. The molecule has 0 unspecified atom stereocenters. The molecule has 6 rings (SSSR count). The number of hydrogen-bond donors (Lipinski definition) is 3. The summed E-state index contributed by atoms with van der Waals surface area (Å²) in [4.78, 5) is 49.8. The molecule has 0 saturated heterocycles. The van der Waals surface area contributed by atoms with Gasteiger partial charge in [0.15, 0.2) is 17.3 Å². The second-order valence-corrected chi connectivity index (χ2v) is 11.0. The number of ether oxygens (including phenoxy) is 3. The SMILES string of the molecule is COc1ccc2cc1OCCn1nc(-c3ccccc3)nc1[C@@H](C)NC(=O)CN(C(=O)c1cc3c(OC)cccc3[nH]1)CCNC2=O. The first-order valence-electron chi connectivity index (χ1n) is 15.2. The molecule has 0 aliphatic carbocycles. The van der Waals surface area contributed by atoms with E-state index >= 15 is 0 Å². The molecule has 47 heavy (non-hydrogen) atoms. The minimum Gasteiger partial charge on any atom is -0.496 e. The summed E-state index contributed by atoms with van der Waals surface area (Å²) in [6, 6.07) is 21.0. The molecule has 1 atom stereocenters. The van der Waals surface area contributed by atoms with Gasteiger partial charge in [-0.2, -0.15) is 5.10 Å². The predicted octanol–water partition coefficient (Wildman–Crippen LogP) is 3.59. The molecule has 3 amide bonds. The number of aromatic amines is 1. The van der Waals surface area contributed by atoms with Crippen molar-refractivity contribution in [1.29, 1.82) is 0 Å². The van der Waals surface area contributed by atoms with Crippen LogP contribution in [0.25, 0.3) is 22.3 Å². The minimum atomic E-state index is -0.560. The Morgan fingerprint density at radius 3 is 2.53 bits per heavy atom. The van der Waals surface area contributed by atoms with Gasteiger partial charge >= 0.3 is 0 Å². The van der Waals surface area contributed by atoms with Gasteiger partial charge in [0.25, 0.3) is 11.8 Å². The number of rotatable bonds is 4. The van der Waals surface area contributed by atoms with E-state index in [1.807, 2.05) is 49.4 Å². The number of nitrogens with zero attached hydrogens (tertiary/aromatic N) is 4. The van der Waals surface area contributed by atoms with E-state index in [2.05, 4.69) is 15.6 Å². The maximum absolute atomic E-state index is 13.8. The number of methoxy groups -OCH3 is 2. The number of amides is 3. The van der Waals surface area contributed by atoms with Gasteiger partial charge in [0.1, 0.15) is 23.9 Å². The van der Waals surface area contributed by atoms with E-state index in [0.29, 0.717) is 41.0 Å². The molecule has 13 nitrogen and oxygen atoms in total. The lowest BCUT2D eigenvalue weighted by molar-refractivity contribution is -0.122. The zero-order valence-electron chi connectivity index (χ0n) is 26.3. The van der Waals surface area contributed by atoms with Crippen molar-refractivity contribution in [2.24, 2.45) is 0 Å². The van der Waals surface area contributed by atoms with Crippen molar-refractivity contribution in [2.45, 2.75) is 19.5 Å². The lowest BCUT2D eigenvalue weighted by Gasteiger charge is -2.23. The summed E-state index contributed by atoms with van der Waals surface area (Å²) in [7, 11) is 3.09. The second-order valence-electron chi connectivity index (χ2n) is 11.0. The molecule has 13 heteroatoms. The quantitative estimate of drug-likeness (QED) is 0.270. The zero-order chi connectivity index (χ0) is 32.9. The van der Waals surface area contributed by atoms with E-state index in [4.69, 9.17) is 24.3 Å². The van der Waals surface area contributed by atoms with Crippen molar-refractivity contribution < 1.29 is 28.6 Å². The highest BCUT2D eigenvalue weighted by atomic mass is 16.5. The smallest absolute Gasteiger partial charge is 0.270 e. The van der Waals surface area contributed by atoms with Crippen LogP contribution in [0.5, 0.6) is 17.2 Å². The molecule has 3 aromatic carbocycles. The van der Waals surface area contributed by atoms with Crippen LogP contribution in [0.3, 0.4) is 0 Å². The number of nitrogens with one attached hydrogen (secondary N) is 3. The van der Waals surface area contributed by atoms with Crippen LogP contribution in [0.2, 0.25) is 0 Å². The summed E-state index contributed by atoms with van der Waals surface area (Å²) in [5.74, 6) is 1.31. The molecule has 0 saturated carbocycles. The fourth-order valence-electron chi connectivity index (χ4n) is 5.50. The molecular formula is C34H35N7O6. The molecule has 0 spiro atoms. The maximum atomic E-state index is 13.8. The van der Waals surface area contributed by atoms with E-state index in [-0.39, 0.29) is 37.8 Å². The van der Waals surface area contributed by atoms with Crippen molar-refractivity contribution >= 4 is 28.6 Å². The lowest BCUT2D eigenvalue weighted by atomic mass is 10.2. The Hall–Kier alpha value is -5.85. The highest BCUT2D eigenvalue weighted by Crippen LogP contribution is 2.29. The van der Waals surface area contributed by atoms with Gasteiger partial charge in [0.05, 0.1) is 33.4 Å². The van der Waals surface area contributed by atoms with Gasteiger partial charge in [0.2, 0.25) is 5.91 Å². The fraction of sp³-hybridized carbons (Fsp3) is 0.265. The number of carbonyl (C=O) groups excluding carboxylic acids is 3. The molecule has 5 aromatic rings. The first-order valence-corrected chi connectivity index (χ1v) is 15.2. The molecule has 0 radical (unpaired) electrons. The van der Waals surface area contributed by atoms with Gasteiger partial charge in [-0.05, 0) is 43.3 Å². The molecule has 1 aliphatic rings. The van der Waals surface area contributed by atoms with E-state index in [0.717, 1.165) is 16.5 Å². The molecule has 242 valence electrons. The van der Waals surface area contributed by atoms with Gasteiger partial charge in [-0.1, -0.05) is 36.4 Å². The summed E-state index contributed by atoms with van der Waals surface area (Å²) in [5, 5.41) is 11.3. The molecule has 3 N–H and O–H groups in total. The number of hydrogen-bond acceptors (Lipinski definition) is 8. The summed E-state index contributed by atoms with van der Waals surface area (Å²) in [6.07, 6.45) is 0. The monoisotopic (exact) mass is 637 g/mol. The van der Waals surface area contributed by atoms with E-state index in [9.17, 15) is 14.4 Å². The number of carbonyl (C=O) groups is 3. The van der Waals surface area contributed by atoms with Crippen LogP contribution in [-0.2, 0) is 11.3 Å². The number of aromatic nitrogens is 4. The second kappa shape index (κ2) is 13.6. The first kappa shape index (κ1) is 31.1. The molecule has 3 heterocycles. The standard InChI is InChI=1S/C34H35N7O6/c1-21-32-38-31(22-8-5-4-6-9-22)39-41(32)16-17-47-29-18-23(12-13-28(29)46-3)33(43)35-14-15-40(20-30(42)36-21)34(44)26-19-24-25(37-26)10-7-11-27(24)45-2/h4-13,18-19,21,37H,14-17,20H2,1-3H3,(H,35,43)(H,36,42)/t21-/m1/s1. The molecule has 0 fully saturated rings. The number of fused-ring (bicyclic) bond motifs is 4. The van der Waals surface area contributed by atoms with Gasteiger partial charge in [-0.25, -0.2) is 9.67 Å². The first-order chi connectivity index (χ1) is 22.8. The lowest BCUT2D eigenvalue weighted by Crippen LogP contribution is -2.45. The minimum absolute atomic E-state index is 0.0622. The summed E-state index contributed by atoms with van der Waals surface area (Å²) < 4.78 is 18.7. The Labute approximate surface area is 270 Å². The summed E-state index contributed by atoms with van der Waals surface area (Å²) >= 11 is 0. The predicted molar refractivity (Wildman–Crippen MR) is 174 cm³/mol. The van der Waals surface area contributed by atoms with Gasteiger partial charge < -0.3 is 34.7 Å². The van der Waals surface area contributed by atoms with Crippen molar-refractivity contribution in [3.63, 3.8) is 0 Å². The van der Waals surface area contributed by atoms with Crippen LogP contribution in [0.4, 0.5) is 0 Å². The number of H-pyrrole nitrogens is 1. The third kappa shape index (κ3) is 6.73. The van der Waals surface area contributed by atoms with Crippen LogP contribution in [-0.4, -0.2) is 82.8 Å². The Kier molecular flexibility index (Phi) is 9.04. The highest BCUT2D eigenvalue weighted by molar-refractivity contribution is 6.01. The van der Waals surface area contributed by atoms with E-state index in [1.165, 1.54) is 12.0 Å². The third-order valence-electron chi connectivity index (χ3n) is 7.85. The van der Waals surface area contributed by atoms with E-state index in [1.54, 1.807) is 42.1 Å². The van der Waals surface area contributed by atoms with Crippen molar-refractivity contribution in [2.75, 3.05) is 40.5 Å². The number of benzene rings is 3. The molecular weight excluding hydrogens is 602 g/mol. The topological polar surface area (TPSA) is 153 Å². The van der Waals surface area contributed by atoms with Gasteiger partial charge in [0, 0.05) is 35.1 Å². The van der Waals surface area contributed by atoms with Crippen LogP contribution in [0, 0.1) is 0 Å². The normalized spacial score (nSPS) is 16.0. The Balaban J connectivity index is 1.33. The van der Waals surface area contributed by atoms with Crippen LogP contribution < -0.4 is 24.8 Å². The Bertz CT molecular complexity index is 1920. The summed E-state index contributed by atoms with van der Waals surface area (Å²) in [5.41, 5.74) is 2.17. The Morgan fingerprint density at radius 2 is 1.74 bits per heavy atom.